The van der Waals surface area contributed by atoms with Gasteiger partial charge in [-0.2, -0.15) is 0 Å². The Kier molecular flexibility index (Phi) is 6.55. The Morgan fingerprint density at radius 3 is 2.04 bits per heavy atom. The highest BCUT2D eigenvalue weighted by Gasteiger charge is 2.36. The van der Waals surface area contributed by atoms with Gasteiger partial charge in [0, 0.05) is 0 Å². The van der Waals surface area contributed by atoms with Gasteiger partial charge in [0.1, 0.15) is 5.60 Å². The summed E-state index contributed by atoms with van der Waals surface area (Å²) in [6.07, 6.45) is 0.378. The zero-order valence-electron chi connectivity index (χ0n) is 15.3. The van der Waals surface area contributed by atoms with Crippen LogP contribution in [-0.2, 0) is 16.8 Å². The van der Waals surface area contributed by atoms with Gasteiger partial charge >= 0.3 is 6.09 Å². The molecule has 1 atom stereocenters. The van der Waals surface area contributed by atoms with Crippen LogP contribution in [-0.4, -0.2) is 32.7 Å². The summed E-state index contributed by atoms with van der Waals surface area (Å²) in [6.45, 7) is 9.55. The SMILES string of the molecule is CCCC[C@@](C)(O)C(=O)N(Cc1ccc(C(C)(C)C)cc1)C(=O)O. The number of unbranched alkanes of at least 4 members (excludes halogenated alkanes) is 1. The molecule has 0 aromatic heterocycles. The number of benzene rings is 1. The minimum Gasteiger partial charge on any atom is -0.465 e. The highest BCUT2D eigenvalue weighted by atomic mass is 16.4. The maximum Gasteiger partial charge on any atom is 0.414 e. The smallest absolute Gasteiger partial charge is 0.414 e. The molecular formula is C19H29NO4. The van der Waals surface area contributed by atoms with E-state index in [1.54, 1.807) is 0 Å². The third-order valence-electron chi connectivity index (χ3n) is 4.11. The first-order valence-electron chi connectivity index (χ1n) is 8.35. The predicted octanol–water partition coefficient (Wildman–Crippen LogP) is 3.93. The van der Waals surface area contributed by atoms with Crippen LogP contribution < -0.4 is 0 Å². The molecule has 5 heteroatoms. The molecule has 1 rings (SSSR count). The highest BCUT2D eigenvalue weighted by molar-refractivity contribution is 5.95. The molecule has 0 heterocycles. The van der Waals surface area contributed by atoms with Gasteiger partial charge < -0.3 is 10.2 Å². The Morgan fingerprint density at radius 1 is 1.08 bits per heavy atom. The van der Waals surface area contributed by atoms with Crippen LogP contribution in [0.1, 0.15) is 65.0 Å². The van der Waals surface area contributed by atoms with Gasteiger partial charge in [0.05, 0.1) is 6.54 Å². The second-order valence-corrected chi connectivity index (χ2v) is 7.50. The van der Waals surface area contributed by atoms with Crippen molar-refractivity contribution in [3.63, 3.8) is 0 Å². The van der Waals surface area contributed by atoms with E-state index in [1.165, 1.54) is 6.92 Å². The quantitative estimate of drug-likeness (QED) is 0.825. The third kappa shape index (κ3) is 5.34. The average Bonchev–Trinajstić information content (AvgIpc) is 2.49. The van der Waals surface area contributed by atoms with E-state index >= 15 is 0 Å². The topological polar surface area (TPSA) is 77.8 Å². The molecule has 0 aliphatic rings. The van der Waals surface area contributed by atoms with Crippen LogP contribution in [0.2, 0.25) is 0 Å². The number of carbonyl (C=O) groups excluding carboxylic acids is 1. The Hall–Kier alpha value is -1.88. The molecule has 0 aliphatic carbocycles. The molecule has 134 valence electrons. The van der Waals surface area contributed by atoms with Crippen LogP contribution in [0.4, 0.5) is 4.79 Å². The minimum atomic E-state index is -1.67. The number of carbonyl (C=O) groups is 2. The van der Waals surface area contributed by atoms with Crippen molar-refractivity contribution < 1.29 is 19.8 Å². The first-order chi connectivity index (χ1) is 11.0. The molecule has 0 saturated carbocycles. The zero-order valence-corrected chi connectivity index (χ0v) is 15.3. The summed E-state index contributed by atoms with van der Waals surface area (Å²) in [5.41, 5.74) is 0.184. The number of amides is 2. The fourth-order valence-electron chi connectivity index (χ4n) is 2.44. The molecule has 0 spiro atoms. The van der Waals surface area contributed by atoms with Crippen molar-refractivity contribution in [3.05, 3.63) is 35.4 Å². The maximum absolute atomic E-state index is 12.4. The lowest BCUT2D eigenvalue weighted by molar-refractivity contribution is -0.148. The first-order valence-corrected chi connectivity index (χ1v) is 8.35. The van der Waals surface area contributed by atoms with Crippen LogP contribution in [0.25, 0.3) is 0 Å². The minimum absolute atomic E-state index is 0.00462. The first kappa shape index (κ1) is 20.2. The molecular weight excluding hydrogens is 306 g/mol. The van der Waals surface area contributed by atoms with Crippen LogP contribution in [0.3, 0.4) is 0 Å². The van der Waals surface area contributed by atoms with E-state index in [-0.39, 0.29) is 18.4 Å². The Labute approximate surface area is 144 Å². The van der Waals surface area contributed by atoms with E-state index in [4.69, 9.17) is 0 Å². The molecule has 0 aliphatic heterocycles. The van der Waals surface area contributed by atoms with Crippen LogP contribution in [0, 0.1) is 0 Å². The largest absolute Gasteiger partial charge is 0.465 e. The van der Waals surface area contributed by atoms with Gasteiger partial charge in [-0.1, -0.05) is 64.8 Å². The number of hydrogen-bond donors (Lipinski definition) is 2. The lowest BCUT2D eigenvalue weighted by atomic mass is 9.86. The Bertz CT molecular complexity index is 570. The van der Waals surface area contributed by atoms with E-state index in [1.807, 2.05) is 31.2 Å². The second kappa shape index (κ2) is 7.79. The molecule has 2 amide bonds. The fraction of sp³-hybridized carbons (Fsp3) is 0.579. The van der Waals surface area contributed by atoms with E-state index < -0.39 is 17.6 Å². The summed E-state index contributed by atoms with van der Waals surface area (Å²) in [5.74, 6) is -0.775. The third-order valence-corrected chi connectivity index (χ3v) is 4.11. The highest BCUT2D eigenvalue weighted by Crippen LogP contribution is 2.23. The molecule has 1 aromatic rings. The lowest BCUT2D eigenvalue weighted by Crippen LogP contribution is -2.48. The van der Waals surface area contributed by atoms with Gasteiger partial charge in [0.2, 0.25) is 0 Å². The molecule has 0 fully saturated rings. The summed E-state index contributed by atoms with van der Waals surface area (Å²) < 4.78 is 0. The summed E-state index contributed by atoms with van der Waals surface area (Å²) in [5, 5.41) is 19.7. The normalized spacial score (nSPS) is 14.1. The van der Waals surface area contributed by atoms with Crippen molar-refractivity contribution in [1.29, 1.82) is 0 Å². The Morgan fingerprint density at radius 2 is 1.62 bits per heavy atom. The zero-order chi connectivity index (χ0) is 18.5. The number of nitrogens with zero attached hydrogens (tertiary/aromatic N) is 1. The molecule has 0 bridgehead atoms. The number of rotatable bonds is 6. The van der Waals surface area contributed by atoms with Gasteiger partial charge in [-0.25, -0.2) is 9.69 Å². The molecule has 24 heavy (non-hydrogen) atoms. The maximum atomic E-state index is 12.4. The van der Waals surface area contributed by atoms with Crippen molar-refractivity contribution in [1.82, 2.24) is 4.90 Å². The van der Waals surface area contributed by atoms with E-state index in [9.17, 15) is 19.8 Å². The number of hydrogen-bond acceptors (Lipinski definition) is 3. The van der Waals surface area contributed by atoms with Gasteiger partial charge in [-0.3, -0.25) is 4.79 Å². The van der Waals surface area contributed by atoms with E-state index in [2.05, 4.69) is 20.8 Å². The molecule has 0 unspecified atom stereocenters. The van der Waals surface area contributed by atoms with Crippen LogP contribution in [0.15, 0.2) is 24.3 Å². The number of imide groups is 1. The van der Waals surface area contributed by atoms with Crippen LogP contribution >= 0.6 is 0 Å². The van der Waals surface area contributed by atoms with E-state index in [0.29, 0.717) is 16.9 Å². The number of aliphatic hydroxyl groups is 1. The molecule has 0 radical (unpaired) electrons. The molecule has 5 nitrogen and oxygen atoms in total. The van der Waals surface area contributed by atoms with Crippen molar-refractivity contribution in [2.45, 2.75) is 71.4 Å². The van der Waals surface area contributed by atoms with Gasteiger partial charge in [0.15, 0.2) is 0 Å². The van der Waals surface area contributed by atoms with Gasteiger partial charge in [0.25, 0.3) is 5.91 Å². The monoisotopic (exact) mass is 335 g/mol. The second-order valence-electron chi connectivity index (χ2n) is 7.50. The van der Waals surface area contributed by atoms with E-state index in [0.717, 1.165) is 12.0 Å². The summed E-state index contributed by atoms with van der Waals surface area (Å²) in [6, 6.07) is 7.53. The summed E-state index contributed by atoms with van der Waals surface area (Å²) in [7, 11) is 0. The summed E-state index contributed by atoms with van der Waals surface area (Å²) >= 11 is 0. The fourth-order valence-corrected chi connectivity index (χ4v) is 2.44. The standard InChI is InChI=1S/C19H29NO4/c1-6-7-12-19(5,24)16(21)20(17(22)23)13-14-8-10-15(11-9-14)18(2,3)4/h8-11,24H,6-7,12-13H2,1-5H3,(H,22,23)/t19-/m1/s1. The van der Waals surface area contributed by atoms with Gasteiger partial charge in [-0.15, -0.1) is 0 Å². The van der Waals surface area contributed by atoms with Crippen molar-refractivity contribution in [2.75, 3.05) is 0 Å². The Balaban J connectivity index is 2.94. The average molecular weight is 335 g/mol. The summed E-state index contributed by atoms with van der Waals surface area (Å²) in [4.78, 5) is 24.6. The van der Waals surface area contributed by atoms with Crippen molar-refractivity contribution in [3.8, 4) is 0 Å². The van der Waals surface area contributed by atoms with Crippen molar-refractivity contribution in [2.24, 2.45) is 0 Å². The number of carboxylic acid groups (broad SMARTS) is 1. The van der Waals surface area contributed by atoms with Crippen LogP contribution in [0.5, 0.6) is 0 Å². The lowest BCUT2D eigenvalue weighted by Gasteiger charge is -2.28. The molecule has 1 aromatic carbocycles. The van der Waals surface area contributed by atoms with Crippen molar-refractivity contribution >= 4 is 12.0 Å². The van der Waals surface area contributed by atoms with Gasteiger partial charge in [-0.05, 0) is 29.9 Å². The molecule has 0 saturated heterocycles. The molecule has 2 N–H and O–H groups in total. The predicted molar refractivity (Wildman–Crippen MR) is 93.9 cm³/mol.